The molecule has 2 aromatic heterocycles. The van der Waals surface area contributed by atoms with Crippen molar-refractivity contribution in [1.29, 1.82) is 0 Å². The van der Waals surface area contributed by atoms with Gasteiger partial charge in [-0.1, -0.05) is 0 Å². The first kappa shape index (κ1) is 16.2. The number of thiazole rings is 1. The van der Waals surface area contributed by atoms with E-state index in [0.717, 1.165) is 41.5 Å². The van der Waals surface area contributed by atoms with Crippen molar-refractivity contribution in [3.63, 3.8) is 0 Å². The highest BCUT2D eigenvalue weighted by Crippen LogP contribution is 2.42. The molecule has 2 heterocycles. The summed E-state index contributed by atoms with van der Waals surface area (Å²) in [6.45, 7) is 3.92. The summed E-state index contributed by atoms with van der Waals surface area (Å²) in [7, 11) is 4.03. The van der Waals surface area contributed by atoms with Crippen LogP contribution in [0.1, 0.15) is 45.6 Å². The molecule has 1 amide bonds. The van der Waals surface area contributed by atoms with Crippen LogP contribution >= 0.6 is 11.3 Å². The van der Waals surface area contributed by atoms with Crippen LogP contribution in [0.5, 0.6) is 0 Å². The zero-order chi connectivity index (χ0) is 16.4. The van der Waals surface area contributed by atoms with E-state index in [0.29, 0.717) is 19.0 Å². The molecule has 0 unspecified atom stereocenters. The van der Waals surface area contributed by atoms with Crippen molar-refractivity contribution in [3.05, 3.63) is 39.7 Å². The number of aryl methyl sites for hydroxylation is 1. The first-order valence-electron chi connectivity index (χ1n) is 7.97. The lowest BCUT2D eigenvalue weighted by Crippen LogP contribution is -2.36. The molecule has 5 nitrogen and oxygen atoms in total. The van der Waals surface area contributed by atoms with Crippen LogP contribution in [-0.4, -0.2) is 47.9 Å². The van der Waals surface area contributed by atoms with Gasteiger partial charge >= 0.3 is 0 Å². The molecular weight excluding hydrogens is 310 g/mol. The zero-order valence-corrected chi connectivity index (χ0v) is 14.7. The number of hydrogen-bond acceptors (Lipinski definition) is 5. The third-order valence-corrected chi connectivity index (χ3v) is 4.83. The number of likely N-dealkylation sites (N-methyl/N-ethyl adjacent to an activating group) is 1. The van der Waals surface area contributed by atoms with Crippen molar-refractivity contribution in [2.75, 3.05) is 27.2 Å². The Kier molecular flexibility index (Phi) is 4.82. The number of aromatic nitrogens is 1. The Morgan fingerprint density at radius 3 is 2.74 bits per heavy atom. The predicted molar refractivity (Wildman–Crippen MR) is 90.8 cm³/mol. The summed E-state index contributed by atoms with van der Waals surface area (Å²) >= 11 is 1.46. The summed E-state index contributed by atoms with van der Waals surface area (Å²) in [5, 5.41) is 0. The highest BCUT2D eigenvalue weighted by atomic mass is 32.1. The normalized spacial score (nSPS) is 14.4. The van der Waals surface area contributed by atoms with E-state index in [9.17, 15) is 4.79 Å². The number of rotatable bonds is 7. The summed E-state index contributed by atoms with van der Waals surface area (Å²) in [5.74, 6) is 2.26. The Bertz CT molecular complexity index is 673. The molecule has 3 rings (SSSR count). The molecule has 1 fully saturated rings. The molecule has 1 saturated carbocycles. The van der Waals surface area contributed by atoms with Gasteiger partial charge in [-0.2, -0.15) is 0 Å². The SMILES string of the molecule is Cc1ccc(CN(CCN(C)C)C(=O)c2scnc2C2CC2)o1. The first-order valence-corrected chi connectivity index (χ1v) is 8.85. The summed E-state index contributed by atoms with van der Waals surface area (Å²) in [4.78, 5) is 22.2. The van der Waals surface area contributed by atoms with E-state index in [4.69, 9.17) is 4.42 Å². The van der Waals surface area contributed by atoms with Crippen LogP contribution in [0.3, 0.4) is 0 Å². The molecule has 0 atom stereocenters. The Labute approximate surface area is 140 Å². The first-order chi connectivity index (χ1) is 11.0. The lowest BCUT2D eigenvalue weighted by molar-refractivity contribution is 0.0722. The van der Waals surface area contributed by atoms with Gasteiger partial charge in [0.25, 0.3) is 5.91 Å². The average Bonchev–Trinajstić information content (AvgIpc) is 3.09. The fourth-order valence-electron chi connectivity index (χ4n) is 2.54. The van der Waals surface area contributed by atoms with Gasteiger partial charge in [-0.15, -0.1) is 11.3 Å². The lowest BCUT2D eigenvalue weighted by atomic mass is 10.2. The van der Waals surface area contributed by atoms with Gasteiger partial charge in [0.05, 0.1) is 17.7 Å². The molecule has 124 valence electrons. The molecule has 0 radical (unpaired) electrons. The third kappa shape index (κ3) is 4.00. The van der Waals surface area contributed by atoms with Crippen LogP contribution in [0.25, 0.3) is 0 Å². The van der Waals surface area contributed by atoms with E-state index in [1.54, 1.807) is 5.51 Å². The van der Waals surface area contributed by atoms with Gasteiger partial charge in [0.2, 0.25) is 0 Å². The molecular formula is C17H23N3O2S. The Morgan fingerprint density at radius 1 is 1.35 bits per heavy atom. The van der Waals surface area contributed by atoms with Crippen LogP contribution in [0.2, 0.25) is 0 Å². The van der Waals surface area contributed by atoms with Gasteiger partial charge < -0.3 is 14.2 Å². The maximum atomic E-state index is 13.0. The van der Waals surface area contributed by atoms with Gasteiger partial charge in [-0.05, 0) is 46.0 Å². The largest absolute Gasteiger partial charge is 0.464 e. The van der Waals surface area contributed by atoms with Crippen molar-refractivity contribution >= 4 is 17.2 Å². The molecule has 0 bridgehead atoms. The minimum absolute atomic E-state index is 0.0744. The van der Waals surface area contributed by atoms with Gasteiger partial charge in [0.1, 0.15) is 16.4 Å². The van der Waals surface area contributed by atoms with E-state index in [-0.39, 0.29) is 5.91 Å². The lowest BCUT2D eigenvalue weighted by Gasteiger charge is -2.23. The number of carbonyl (C=O) groups excluding carboxylic acids is 1. The summed E-state index contributed by atoms with van der Waals surface area (Å²) in [5.41, 5.74) is 2.78. The second-order valence-corrected chi connectivity index (χ2v) is 7.24. The summed E-state index contributed by atoms with van der Waals surface area (Å²) < 4.78 is 5.66. The van der Waals surface area contributed by atoms with Crippen molar-refractivity contribution in [3.8, 4) is 0 Å². The van der Waals surface area contributed by atoms with Gasteiger partial charge in [-0.3, -0.25) is 4.79 Å². The van der Waals surface area contributed by atoms with Gasteiger partial charge in [0.15, 0.2) is 0 Å². The number of furan rings is 1. The molecule has 2 aromatic rings. The van der Waals surface area contributed by atoms with Crippen molar-refractivity contribution < 1.29 is 9.21 Å². The van der Waals surface area contributed by atoms with E-state index in [1.165, 1.54) is 11.3 Å². The highest BCUT2D eigenvalue weighted by Gasteiger charge is 2.32. The maximum Gasteiger partial charge on any atom is 0.266 e. The van der Waals surface area contributed by atoms with Crippen molar-refractivity contribution in [2.24, 2.45) is 0 Å². The standard InChI is InChI=1S/C17H23N3O2S/c1-12-4-7-14(22-12)10-20(9-8-19(2)3)17(21)16-15(13-5-6-13)18-11-23-16/h4,7,11,13H,5-6,8-10H2,1-3H3. The number of hydrogen-bond donors (Lipinski definition) is 0. The molecule has 0 aliphatic heterocycles. The Hall–Kier alpha value is -1.66. The average molecular weight is 333 g/mol. The molecule has 0 spiro atoms. The molecule has 6 heteroatoms. The molecule has 1 aliphatic rings. The Morgan fingerprint density at radius 2 is 2.13 bits per heavy atom. The number of nitrogens with zero attached hydrogens (tertiary/aromatic N) is 3. The van der Waals surface area contributed by atoms with E-state index in [1.807, 2.05) is 38.1 Å². The minimum atomic E-state index is 0.0744. The second-order valence-electron chi connectivity index (χ2n) is 6.38. The van der Waals surface area contributed by atoms with Crippen LogP contribution in [-0.2, 0) is 6.54 Å². The summed E-state index contributed by atoms with van der Waals surface area (Å²) in [6, 6.07) is 3.88. The third-order valence-electron chi connectivity index (χ3n) is 4.00. The van der Waals surface area contributed by atoms with Gasteiger partial charge in [-0.25, -0.2) is 4.98 Å². The highest BCUT2D eigenvalue weighted by molar-refractivity contribution is 7.11. The predicted octanol–water partition coefficient (Wildman–Crippen LogP) is 3.13. The molecule has 1 aliphatic carbocycles. The number of carbonyl (C=O) groups is 1. The smallest absolute Gasteiger partial charge is 0.266 e. The molecule has 0 N–H and O–H groups in total. The monoisotopic (exact) mass is 333 g/mol. The zero-order valence-electron chi connectivity index (χ0n) is 13.9. The molecule has 23 heavy (non-hydrogen) atoms. The second kappa shape index (κ2) is 6.84. The van der Waals surface area contributed by atoms with E-state index in [2.05, 4.69) is 9.88 Å². The summed E-state index contributed by atoms with van der Waals surface area (Å²) in [6.07, 6.45) is 2.30. The fraction of sp³-hybridized carbons (Fsp3) is 0.529. The molecule has 0 saturated heterocycles. The van der Waals surface area contributed by atoms with Crippen molar-refractivity contribution in [1.82, 2.24) is 14.8 Å². The van der Waals surface area contributed by atoms with Crippen LogP contribution < -0.4 is 0 Å². The number of amides is 1. The van der Waals surface area contributed by atoms with Crippen LogP contribution in [0.15, 0.2) is 22.1 Å². The molecule has 0 aromatic carbocycles. The van der Waals surface area contributed by atoms with Crippen LogP contribution in [0, 0.1) is 6.92 Å². The maximum absolute atomic E-state index is 13.0. The minimum Gasteiger partial charge on any atom is -0.464 e. The Balaban J connectivity index is 1.78. The van der Waals surface area contributed by atoms with Crippen LogP contribution in [0.4, 0.5) is 0 Å². The fourth-order valence-corrected chi connectivity index (χ4v) is 3.38. The topological polar surface area (TPSA) is 49.6 Å². The quantitative estimate of drug-likeness (QED) is 0.781. The van der Waals surface area contributed by atoms with E-state index < -0.39 is 0 Å². The van der Waals surface area contributed by atoms with Gasteiger partial charge in [0, 0.05) is 19.0 Å². The van der Waals surface area contributed by atoms with Crippen molar-refractivity contribution in [2.45, 2.75) is 32.2 Å². The van der Waals surface area contributed by atoms with E-state index >= 15 is 0 Å².